The molecule has 1 aromatic heterocycles. The molecule has 2 N–H and O–H groups in total. The van der Waals surface area contributed by atoms with Crippen LogP contribution in [0.3, 0.4) is 0 Å². The molecular formula is C15H17ClN2OS. The lowest BCUT2D eigenvalue weighted by atomic mass is 10.1. The van der Waals surface area contributed by atoms with Crippen molar-refractivity contribution in [2.24, 2.45) is 0 Å². The fraction of sp³-hybridized carbons (Fsp3) is 0.267. The maximum atomic E-state index is 11.0. The van der Waals surface area contributed by atoms with Gasteiger partial charge in [-0.1, -0.05) is 24.6 Å². The van der Waals surface area contributed by atoms with Gasteiger partial charge < -0.3 is 10.6 Å². The topological polar surface area (TPSA) is 41.1 Å². The highest BCUT2D eigenvalue weighted by atomic mass is 35.5. The third-order valence-electron chi connectivity index (χ3n) is 2.92. The second kappa shape index (κ2) is 6.77. The molecule has 0 saturated heterocycles. The van der Waals surface area contributed by atoms with Crippen LogP contribution in [0.5, 0.6) is 0 Å². The van der Waals surface area contributed by atoms with E-state index in [9.17, 15) is 4.79 Å². The van der Waals surface area contributed by atoms with Crippen molar-refractivity contribution in [2.45, 2.75) is 26.3 Å². The fourth-order valence-corrected chi connectivity index (χ4v) is 3.05. The maximum Gasteiger partial charge on any atom is 0.221 e. The summed E-state index contributed by atoms with van der Waals surface area (Å²) in [5.41, 5.74) is 1.58. The van der Waals surface area contributed by atoms with Gasteiger partial charge in [-0.15, -0.1) is 11.3 Å². The molecule has 5 heteroatoms. The molecule has 1 amide bonds. The molecule has 1 atom stereocenters. The van der Waals surface area contributed by atoms with Gasteiger partial charge in [0.25, 0.3) is 0 Å². The number of hydrogen-bond donors (Lipinski definition) is 2. The first-order valence-electron chi connectivity index (χ1n) is 6.47. The zero-order chi connectivity index (χ0) is 14.5. The second-order valence-electron chi connectivity index (χ2n) is 4.50. The Morgan fingerprint density at radius 2 is 2.20 bits per heavy atom. The van der Waals surface area contributed by atoms with Crippen LogP contribution < -0.4 is 10.6 Å². The third kappa shape index (κ3) is 3.74. The summed E-state index contributed by atoms with van der Waals surface area (Å²) in [6, 6.07) is 10.0. The summed E-state index contributed by atoms with van der Waals surface area (Å²) in [5.74, 6) is -0.127. The molecule has 1 unspecified atom stereocenters. The predicted octanol–water partition coefficient (Wildman–Crippen LogP) is 4.92. The number of anilines is 2. The number of hydrogen-bond acceptors (Lipinski definition) is 3. The van der Waals surface area contributed by atoms with E-state index in [1.807, 2.05) is 18.2 Å². The van der Waals surface area contributed by atoms with Crippen LogP contribution in [0, 0.1) is 0 Å². The van der Waals surface area contributed by atoms with Crippen LogP contribution in [-0.4, -0.2) is 5.91 Å². The van der Waals surface area contributed by atoms with Crippen molar-refractivity contribution >= 4 is 40.2 Å². The van der Waals surface area contributed by atoms with Crippen molar-refractivity contribution < 1.29 is 4.79 Å². The van der Waals surface area contributed by atoms with Gasteiger partial charge in [-0.2, -0.15) is 0 Å². The number of halogens is 1. The smallest absolute Gasteiger partial charge is 0.221 e. The first-order valence-corrected chi connectivity index (χ1v) is 7.73. The molecule has 0 fully saturated rings. The molecule has 106 valence electrons. The van der Waals surface area contributed by atoms with Crippen molar-refractivity contribution in [3.8, 4) is 0 Å². The molecule has 0 aliphatic carbocycles. The summed E-state index contributed by atoms with van der Waals surface area (Å²) in [6.07, 6.45) is 0.992. The summed E-state index contributed by atoms with van der Waals surface area (Å²) in [7, 11) is 0. The third-order valence-corrected chi connectivity index (χ3v) is 4.21. The van der Waals surface area contributed by atoms with Crippen LogP contribution in [0.1, 0.15) is 31.2 Å². The number of carbonyl (C=O) groups is 1. The Labute approximate surface area is 128 Å². The fourth-order valence-electron chi connectivity index (χ4n) is 1.96. The second-order valence-corrected chi connectivity index (χ2v) is 5.88. The Morgan fingerprint density at radius 3 is 2.75 bits per heavy atom. The van der Waals surface area contributed by atoms with Gasteiger partial charge in [-0.3, -0.25) is 4.79 Å². The molecule has 0 radical (unpaired) electrons. The lowest BCUT2D eigenvalue weighted by Crippen LogP contribution is -2.09. The van der Waals surface area contributed by atoms with E-state index in [0.29, 0.717) is 10.7 Å². The summed E-state index contributed by atoms with van der Waals surface area (Å²) in [6.45, 7) is 3.61. The van der Waals surface area contributed by atoms with E-state index in [2.05, 4.69) is 35.1 Å². The highest BCUT2D eigenvalue weighted by molar-refractivity contribution is 7.10. The number of benzene rings is 1. The van der Waals surface area contributed by atoms with Crippen molar-refractivity contribution in [2.75, 3.05) is 10.6 Å². The van der Waals surface area contributed by atoms with Gasteiger partial charge in [-0.05, 0) is 36.1 Å². The Balaban J connectivity index is 2.13. The number of amides is 1. The normalized spacial score (nSPS) is 11.9. The number of carbonyl (C=O) groups excluding carboxylic acids is 1. The predicted molar refractivity (Wildman–Crippen MR) is 86.7 cm³/mol. The molecule has 0 aliphatic rings. The van der Waals surface area contributed by atoms with Gasteiger partial charge in [0.05, 0.1) is 16.8 Å². The van der Waals surface area contributed by atoms with Gasteiger partial charge in [0, 0.05) is 17.5 Å². The van der Waals surface area contributed by atoms with E-state index in [-0.39, 0.29) is 11.9 Å². The van der Waals surface area contributed by atoms with E-state index >= 15 is 0 Å². The minimum Gasteiger partial charge on any atom is -0.377 e. The molecule has 0 bridgehead atoms. The summed E-state index contributed by atoms with van der Waals surface area (Å²) < 4.78 is 0. The summed E-state index contributed by atoms with van der Waals surface area (Å²) >= 11 is 7.91. The van der Waals surface area contributed by atoms with Crippen molar-refractivity contribution in [3.05, 3.63) is 45.6 Å². The maximum absolute atomic E-state index is 11.0. The van der Waals surface area contributed by atoms with Gasteiger partial charge in [-0.25, -0.2) is 0 Å². The molecule has 0 spiro atoms. The standard InChI is InChI=1S/C15H17ClN2OS/c1-3-13(15-5-4-8-20-15)18-11-6-7-14(12(16)9-11)17-10(2)19/h4-9,13,18H,3H2,1-2H3,(H,17,19). The van der Waals surface area contributed by atoms with Crippen molar-refractivity contribution in [1.29, 1.82) is 0 Å². The molecule has 20 heavy (non-hydrogen) atoms. The molecular weight excluding hydrogens is 292 g/mol. The highest BCUT2D eigenvalue weighted by Crippen LogP contribution is 2.30. The van der Waals surface area contributed by atoms with Crippen LogP contribution >= 0.6 is 22.9 Å². The van der Waals surface area contributed by atoms with Crippen LogP contribution in [0.15, 0.2) is 35.7 Å². The van der Waals surface area contributed by atoms with Crippen LogP contribution in [-0.2, 0) is 4.79 Å². The van der Waals surface area contributed by atoms with Crippen LogP contribution in [0.4, 0.5) is 11.4 Å². The largest absolute Gasteiger partial charge is 0.377 e. The van der Waals surface area contributed by atoms with E-state index in [0.717, 1.165) is 12.1 Å². The molecule has 1 heterocycles. The zero-order valence-electron chi connectivity index (χ0n) is 11.4. The summed E-state index contributed by atoms with van der Waals surface area (Å²) in [5, 5.41) is 8.77. The Morgan fingerprint density at radius 1 is 1.40 bits per heavy atom. The van der Waals surface area contributed by atoms with Gasteiger partial charge >= 0.3 is 0 Å². The molecule has 3 nitrogen and oxygen atoms in total. The van der Waals surface area contributed by atoms with Gasteiger partial charge in [0.2, 0.25) is 5.91 Å². The SMILES string of the molecule is CCC(Nc1ccc(NC(C)=O)c(Cl)c1)c1cccs1. The molecule has 1 aromatic carbocycles. The van der Waals surface area contributed by atoms with E-state index in [1.54, 1.807) is 11.3 Å². The number of nitrogens with one attached hydrogen (secondary N) is 2. The lowest BCUT2D eigenvalue weighted by Gasteiger charge is -2.17. The summed E-state index contributed by atoms with van der Waals surface area (Å²) in [4.78, 5) is 12.3. The van der Waals surface area contributed by atoms with Gasteiger partial charge in [0.1, 0.15) is 0 Å². The average Bonchev–Trinajstić information content (AvgIpc) is 2.92. The molecule has 2 rings (SSSR count). The van der Waals surface area contributed by atoms with Crippen LogP contribution in [0.25, 0.3) is 0 Å². The van der Waals surface area contributed by atoms with Gasteiger partial charge in [0.15, 0.2) is 0 Å². The Hall–Kier alpha value is -1.52. The quantitative estimate of drug-likeness (QED) is 0.823. The monoisotopic (exact) mass is 308 g/mol. The first-order chi connectivity index (χ1) is 9.60. The first kappa shape index (κ1) is 14.9. The Kier molecular flexibility index (Phi) is 5.04. The lowest BCUT2D eigenvalue weighted by molar-refractivity contribution is -0.114. The molecule has 0 aliphatic heterocycles. The minimum atomic E-state index is -0.127. The number of thiophene rings is 1. The minimum absolute atomic E-state index is 0.127. The zero-order valence-corrected chi connectivity index (χ0v) is 13.0. The van der Waals surface area contributed by atoms with Crippen molar-refractivity contribution in [3.63, 3.8) is 0 Å². The van der Waals surface area contributed by atoms with Crippen LogP contribution in [0.2, 0.25) is 5.02 Å². The highest BCUT2D eigenvalue weighted by Gasteiger charge is 2.11. The molecule has 0 saturated carbocycles. The van der Waals surface area contributed by atoms with E-state index in [1.165, 1.54) is 11.8 Å². The Bertz CT molecular complexity index is 584. The molecule has 2 aromatic rings. The van der Waals surface area contributed by atoms with E-state index < -0.39 is 0 Å². The average molecular weight is 309 g/mol. The number of rotatable bonds is 5. The van der Waals surface area contributed by atoms with E-state index in [4.69, 9.17) is 11.6 Å². The van der Waals surface area contributed by atoms with Crippen molar-refractivity contribution in [1.82, 2.24) is 0 Å².